The van der Waals surface area contributed by atoms with Crippen LogP contribution < -0.4 is 0 Å². The average molecular weight is 655 g/mol. The molecule has 0 amide bonds. The van der Waals surface area contributed by atoms with Crippen molar-refractivity contribution in [3.63, 3.8) is 0 Å². The minimum atomic E-state index is 0.379. The Balaban J connectivity index is 0.981. The standard InChI is InChI=1S/C46H30N4O/c47-40(31-12-9-11-30(27-31)33-17-10-18-38-37-16-4-8-22-45(37)51-46(33)38)25-26-48-29-49-41-19-5-1-15-36(41)39-28-32(23-24-42(39)49)50-43-20-6-2-13-34(43)35-14-3-7-21-44(35)50/h1-29,47H/b26-25-,47-40?,48-29+. The van der Waals surface area contributed by atoms with E-state index in [1.165, 1.54) is 21.8 Å². The van der Waals surface area contributed by atoms with Gasteiger partial charge in [0.2, 0.25) is 0 Å². The Kier molecular flexibility index (Phi) is 6.58. The van der Waals surface area contributed by atoms with E-state index in [0.717, 1.165) is 66.1 Å². The maximum atomic E-state index is 8.87. The first-order valence-electron chi connectivity index (χ1n) is 17.0. The lowest BCUT2D eigenvalue weighted by Crippen LogP contribution is -1.97. The van der Waals surface area contributed by atoms with Gasteiger partial charge in [0.25, 0.3) is 0 Å². The minimum Gasteiger partial charge on any atom is -0.455 e. The van der Waals surface area contributed by atoms with Crippen LogP contribution in [0.1, 0.15) is 5.56 Å². The van der Waals surface area contributed by atoms with Crippen LogP contribution in [0, 0.1) is 5.41 Å². The number of rotatable bonds is 6. The molecule has 0 unspecified atom stereocenters. The van der Waals surface area contributed by atoms with Gasteiger partial charge < -0.3 is 14.4 Å². The molecular formula is C46H30N4O. The van der Waals surface area contributed by atoms with Crippen molar-refractivity contribution in [2.45, 2.75) is 0 Å². The second kappa shape index (κ2) is 11.6. The van der Waals surface area contributed by atoms with Crippen molar-refractivity contribution in [3.8, 4) is 16.8 Å². The van der Waals surface area contributed by atoms with E-state index in [9.17, 15) is 0 Å². The highest BCUT2D eigenvalue weighted by molar-refractivity contribution is 6.14. The van der Waals surface area contributed by atoms with Crippen LogP contribution in [0.25, 0.3) is 82.4 Å². The van der Waals surface area contributed by atoms with Crippen LogP contribution in [-0.2, 0) is 0 Å². The molecule has 3 aromatic heterocycles. The molecule has 0 aliphatic rings. The molecule has 5 heteroatoms. The molecule has 0 fully saturated rings. The summed E-state index contributed by atoms with van der Waals surface area (Å²) in [4.78, 5) is 4.68. The van der Waals surface area contributed by atoms with E-state index < -0.39 is 0 Å². The number of hydrogen-bond donors (Lipinski definition) is 1. The lowest BCUT2D eigenvalue weighted by Gasteiger charge is -2.08. The molecule has 10 rings (SSSR count). The third-order valence-electron chi connectivity index (χ3n) is 9.93. The number of para-hydroxylation sites is 5. The van der Waals surface area contributed by atoms with Crippen molar-refractivity contribution >= 4 is 77.6 Å². The van der Waals surface area contributed by atoms with Crippen LogP contribution in [0.2, 0.25) is 0 Å². The first-order chi connectivity index (χ1) is 25.2. The molecule has 3 heterocycles. The molecule has 5 nitrogen and oxygen atoms in total. The number of allylic oxidation sites excluding steroid dienone is 1. The summed E-state index contributed by atoms with van der Waals surface area (Å²) in [6.07, 6.45) is 5.28. The zero-order chi connectivity index (χ0) is 33.9. The van der Waals surface area contributed by atoms with Gasteiger partial charge in [-0.05, 0) is 60.2 Å². The fourth-order valence-electron chi connectivity index (χ4n) is 7.60. The van der Waals surface area contributed by atoms with E-state index in [1.54, 1.807) is 12.3 Å². The van der Waals surface area contributed by atoms with Gasteiger partial charge in [0, 0.05) is 55.3 Å². The second-order valence-electron chi connectivity index (χ2n) is 12.8. The number of fused-ring (bicyclic) bond motifs is 9. The molecule has 0 aliphatic heterocycles. The van der Waals surface area contributed by atoms with Crippen molar-refractivity contribution < 1.29 is 4.42 Å². The summed E-state index contributed by atoms with van der Waals surface area (Å²) in [6, 6.07) is 54.7. The van der Waals surface area contributed by atoms with Crippen molar-refractivity contribution in [3.05, 3.63) is 176 Å². The van der Waals surface area contributed by atoms with Crippen molar-refractivity contribution in [1.29, 1.82) is 5.41 Å². The number of aliphatic imine (C=N–C) groups is 1. The van der Waals surface area contributed by atoms with Gasteiger partial charge >= 0.3 is 0 Å². The van der Waals surface area contributed by atoms with Crippen molar-refractivity contribution in [2.24, 2.45) is 4.99 Å². The Hall–Kier alpha value is -6.98. The quantitative estimate of drug-likeness (QED) is 0.141. The maximum absolute atomic E-state index is 8.87. The SMILES string of the molecule is N=C(/C=C\N=C\n1c2ccccc2c2cc(-n3c4ccccc4c4ccccc43)ccc21)c1cccc(-c2cccc3c2oc2ccccc23)c1. The molecule has 0 radical (unpaired) electrons. The van der Waals surface area contributed by atoms with Crippen LogP contribution >= 0.6 is 0 Å². The van der Waals surface area contributed by atoms with Crippen LogP contribution in [0.5, 0.6) is 0 Å². The second-order valence-corrected chi connectivity index (χ2v) is 12.8. The van der Waals surface area contributed by atoms with E-state index in [2.05, 4.69) is 135 Å². The lowest BCUT2D eigenvalue weighted by atomic mass is 9.99. The van der Waals surface area contributed by atoms with Gasteiger partial charge in [-0.25, -0.2) is 4.99 Å². The number of nitrogens with one attached hydrogen (secondary N) is 1. The summed E-state index contributed by atoms with van der Waals surface area (Å²) < 4.78 is 10.8. The molecule has 0 saturated carbocycles. The third-order valence-corrected chi connectivity index (χ3v) is 9.93. The molecule has 0 atom stereocenters. The first kappa shape index (κ1) is 29.0. The highest BCUT2D eigenvalue weighted by Crippen LogP contribution is 2.37. The number of aromatic nitrogens is 2. The van der Waals surface area contributed by atoms with Gasteiger partial charge in [-0.2, -0.15) is 0 Å². The molecule has 10 aromatic rings. The van der Waals surface area contributed by atoms with Gasteiger partial charge in [-0.3, -0.25) is 4.57 Å². The summed E-state index contributed by atoms with van der Waals surface area (Å²) in [7, 11) is 0. The fourth-order valence-corrected chi connectivity index (χ4v) is 7.60. The number of nitrogens with zero attached hydrogens (tertiary/aromatic N) is 3. The predicted octanol–water partition coefficient (Wildman–Crippen LogP) is 11.9. The molecule has 0 bridgehead atoms. The molecule has 0 spiro atoms. The van der Waals surface area contributed by atoms with Gasteiger partial charge in [0.15, 0.2) is 0 Å². The molecule has 240 valence electrons. The van der Waals surface area contributed by atoms with Crippen molar-refractivity contribution in [2.75, 3.05) is 0 Å². The Morgan fingerprint density at radius 1 is 0.549 bits per heavy atom. The van der Waals surface area contributed by atoms with Crippen LogP contribution in [-0.4, -0.2) is 21.2 Å². The summed E-state index contributed by atoms with van der Waals surface area (Å²) in [5.74, 6) is 0. The topological polar surface area (TPSA) is 59.2 Å². The summed E-state index contributed by atoms with van der Waals surface area (Å²) in [5.41, 5.74) is 10.6. The first-order valence-corrected chi connectivity index (χ1v) is 17.0. The zero-order valence-corrected chi connectivity index (χ0v) is 27.5. The van der Waals surface area contributed by atoms with E-state index in [1.807, 2.05) is 42.7 Å². The molecule has 1 N–H and O–H groups in total. The van der Waals surface area contributed by atoms with Gasteiger partial charge in [0.05, 0.1) is 34.1 Å². The Labute approximate surface area is 293 Å². The number of benzene rings is 7. The largest absolute Gasteiger partial charge is 0.455 e. The Bertz CT molecular complexity index is 3010. The van der Waals surface area contributed by atoms with Crippen LogP contribution in [0.15, 0.2) is 179 Å². The highest BCUT2D eigenvalue weighted by Gasteiger charge is 2.15. The number of furan rings is 1. The van der Waals surface area contributed by atoms with E-state index in [4.69, 9.17) is 9.83 Å². The molecule has 51 heavy (non-hydrogen) atoms. The van der Waals surface area contributed by atoms with E-state index in [0.29, 0.717) is 5.71 Å². The van der Waals surface area contributed by atoms with Gasteiger partial charge in [-0.15, -0.1) is 0 Å². The minimum absolute atomic E-state index is 0.379. The molecule has 0 aliphatic carbocycles. The lowest BCUT2D eigenvalue weighted by molar-refractivity contribution is 0.670. The predicted molar refractivity (Wildman–Crippen MR) is 213 cm³/mol. The summed E-state index contributed by atoms with van der Waals surface area (Å²) >= 11 is 0. The normalized spacial score (nSPS) is 12.2. The van der Waals surface area contributed by atoms with E-state index >= 15 is 0 Å². The maximum Gasteiger partial charge on any atom is 0.143 e. The van der Waals surface area contributed by atoms with E-state index in [-0.39, 0.29) is 0 Å². The fraction of sp³-hybridized carbons (Fsp3) is 0. The Morgan fingerprint density at radius 2 is 1.18 bits per heavy atom. The molecule has 7 aromatic carbocycles. The monoisotopic (exact) mass is 654 g/mol. The van der Waals surface area contributed by atoms with Crippen LogP contribution in [0.4, 0.5) is 0 Å². The number of hydrogen-bond acceptors (Lipinski definition) is 3. The molecular weight excluding hydrogens is 625 g/mol. The highest BCUT2D eigenvalue weighted by atomic mass is 16.3. The third kappa shape index (κ3) is 4.63. The van der Waals surface area contributed by atoms with Crippen molar-refractivity contribution in [1.82, 2.24) is 9.13 Å². The van der Waals surface area contributed by atoms with Gasteiger partial charge in [-0.1, -0.05) is 109 Å². The molecule has 0 saturated heterocycles. The van der Waals surface area contributed by atoms with Gasteiger partial charge in [0.1, 0.15) is 11.2 Å². The van der Waals surface area contributed by atoms with Crippen LogP contribution in [0.3, 0.4) is 0 Å². The summed E-state index contributed by atoms with van der Waals surface area (Å²) in [6.45, 7) is 0. The summed E-state index contributed by atoms with van der Waals surface area (Å²) in [5, 5.41) is 15.9. The average Bonchev–Trinajstić information content (AvgIpc) is 3.84. The smallest absolute Gasteiger partial charge is 0.143 e. The Morgan fingerprint density at radius 3 is 1.96 bits per heavy atom. The zero-order valence-electron chi connectivity index (χ0n) is 27.5.